The minimum atomic E-state index is -2.05. The van der Waals surface area contributed by atoms with Gasteiger partial charge in [0.15, 0.2) is 25.0 Å². The zero-order chi connectivity index (χ0) is 34.5. The summed E-state index contributed by atoms with van der Waals surface area (Å²) in [5.41, 5.74) is -0.144. The number of hydrogen-bond donors (Lipinski definition) is 0. The Morgan fingerprint density at radius 1 is 0.689 bits per heavy atom. The molecule has 0 aliphatic heterocycles. The number of Topliss-reactive ketones (excluding diaryl/α,β-unsaturated/α-hetero) is 1. The van der Waals surface area contributed by atoms with Gasteiger partial charge in [0.05, 0.1) is 17.6 Å². The van der Waals surface area contributed by atoms with Gasteiger partial charge in [0.2, 0.25) is 0 Å². The maximum absolute atomic E-state index is 14.0. The highest BCUT2D eigenvalue weighted by molar-refractivity contribution is 6.75. The van der Waals surface area contributed by atoms with E-state index in [0.29, 0.717) is 30.6 Å². The second-order valence-electron chi connectivity index (χ2n) is 21.4. The summed E-state index contributed by atoms with van der Waals surface area (Å²) in [6.45, 7) is 41.8. The molecule has 0 aromatic carbocycles. The summed E-state index contributed by atoms with van der Waals surface area (Å²) in [5, 5.41) is 0.476. The Kier molecular flexibility index (Phi) is 9.60. The molecule has 7 heteroatoms. The first-order valence-corrected chi connectivity index (χ1v) is 27.2. The molecule has 4 rings (SSSR count). The van der Waals surface area contributed by atoms with Gasteiger partial charge in [-0.1, -0.05) is 76.2 Å². The van der Waals surface area contributed by atoms with Crippen molar-refractivity contribution in [2.75, 3.05) is 13.2 Å². The van der Waals surface area contributed by atoms with Crippen LogP contribution in [-0.4, -0.2) is 49.6 Å². The molecular formula is C38H74O4Si3. The molecule has 4 saturated carbocycles. The fourth-order valence-corrected chi connectivity index (χ4v) is 13.4. The van der Waals surface area contributed by atoms with E-state index >= 15 is 0 Å². The predicted octanol–water partition coefficient (Wildman–Crippen LogP) is 11.4. The van der Waals surface area contributed by atoms with Crippen molar-refractivity contribution in [1.29, 1.82) is 0 Å². The van der Waals surface area contributed by atoms with Crippen molar-refractivity contribution >= 4 is 30.7 Å². The Labute approximate surface area is 282 Å². The normalized spacial score (nSPS) is 38.2. The first-order chi connectivity index (χ1) is 20.0. The molecule has 0 N–H and O–H groups in total. The van der Waals surface area contributed by atoms with E-state index in [1.165, 1.54) is 25.7 Å². The van der Waals surface area contributed by atoms with Gasteiger partial charge in [0.1, 0.15) is 5.78 Å². The minimum absolute atomic E-state index is 0.142. The highest BCUT2D eigenvalue weighted by Gasteiger charge is 2.71. The molecule has 4 aliphatic rings. The van der Waals surface area contributed by atoms with Crippen LogP contribution in [0.5, 0.6) is 0 Å². The van der Waals surface area contributed by atoms with Gasteiger partial charge >= 0.3 is 0 Å². The van der Waals surface area contributed by atoms with Crippen LogP contribution in [0.1, 0.15) is 128 Å². The van der Waals surface area contributed by atoms with E-state index in [-0.39, 0.29) is 31.5 Å². The van der Waals surface area contributed by atoms with E-state index in [2.05, 4.69) is 115 Å². The Hall–Kier alpha value is 0.201. The average Bonchev–Trinajstić information content (AvgIpc) is 3.21. The summed E-state index contributed by atoms with van der Waals surface area (Å²) in [5.74, 6) is 2.10. The smallest absolute Gasteiger partial charge is 0.192 e. The molecule has 0 radical (unpaired) electrons. The largest absolute Gasteiger partial charge is 0.416 e. The standard InChI is InChI=1S/C38H74O4Si3/c1-32(2,3)43(12,13)40-26-35(10)30-19-18-28-24-29-25-37(28,36(30,11)21-20-31(35)39)22-23-38(29,42-45(16,17)34(7,8)9)27-41-44(14,15)33(4,5)6/h28-30H,18-27H2,1-17H3/t28-,29+,30-,35-,36-,37-,38-/m0/s1. The van der Waals surface area contributed by atoms with Crippen molar-refractivity contribution in [3.05, 3.63) is 0 Å². The highest BCUT2D eigenvalue weighted by atomic mass is 28.4. The van der Waals surface area contributed by atoms with Gasteiger partial charge in [-0.05, 0) is 128 Å². The number of ketones is 1. The lowest BCUT2D eigenvalue weighted by Gasteiger charge is -2.66. The Balaban J connectivity index is 1.69. The third-order valence-electron chi connectivity index (χ3n) is 16.0. The maximum Gasteiger partial charge on any atom is 0.192 e. The van der Waals surface area contributed by atoms with Gasteiger partial charge < -0.3 is 13.3 Å². The van der Waals surface area contributed by atoms with Crippen LogP contribution in [0.15, 0.2) is 0 Å². The van der Waals surface area contributed by atoms with Crippen LogP contribution in [0.2, 0.25) is 54.4 Å². The summed E-state index contributed by atoms with van der Waals surface area (Å²) < 4.78 is 21.7. The van der Waals surface area contributed by atoms with Gasteiger partial charge in [0, 0.05) is 13.0 Å². The van der Waals surface area contributed by atoms with Gasteiger partial charge in [-0.15, -0.1) is 0 Å². The molecule has 45 heavy (non-hydrogen) atoms. The Morgan fingerprint density at radius 3 is 1.71 bits per heavy atom. The highest BCUT2D eigenvalue weighted by Crippen LogP contribution is 2.75. The van der Waals surface area contributed by atoms with E-state index < -0.39 is 30.4 Å². The molecule has 0 amide bonds. The van der Waals surface area contributed by atoms with Crippen molar-refractivity contribution in [3.63, 3.8) is 0 Å². The van der Waals surface area contributed by atoms with E-state index in [0.717, 1.165) is 31.8 Å². The number of carbonyl (C=O) groups is 1. The Morgan fingerprint density at radius 2 is 1.20 bits per heavy atom. The SMILES string of the molecule is CC(C)(C)[Si](C)(C)OC[C@@]1(O[Si](C)(C)C(C)(C)C)CC[C@]23C[C@H]1C[C@@H]2CC[C@@H]1[C@]3(C)CCC(=O)[C@@]1(C)CO[Si](C)(C)C(C)(C)C. The minimum Gasteiger partial charge on any atom is -0.416 e. The maximum atomic E-state index is 14.0. The quantitative estimate of drug-likeness (QED) is 0.240. The predicted molar refractivity (Wildman–Crippen MR) is 198 cm³/mol. The van der Waals surface area contributed by atoms with E-state index in [9.17, 15) is 4.79 Å². The Bertz CT molecular complexity index is 1130. The molecule has 0 aromatic rings. The second kappa shape index (κ2) is 11.4. The topological polar surface area (TPSA) is 44.8 Å². The molecule has 2 bridgehead atoms. The molecule has 4 nitrogen and oxygen atoms in total. The van der Waals surface area contributed by atoms with Gasteiger partial charge in [-0.2, -0.15) is 0 Å². The van der Waals surface area contributed by atoms with Crippen molar-refractivity contribution in [1.82, 2.24) is 0 Å². The van der Waals surface area contributed by atoms with Crippen LogP contribution in [0.3, 0.4) is 0 Å². The molecule has 4 aliphatic carbocycles. The third kappa shape index (κ3) is 6.14. The summed E-state index contributed by atoms with van der Waals surface area (Å²) in [7, 11) is -5.97. The van der Waals surface area contributed by atoms with Gasteiger partial charge in [0.25, 0.3) is 0 Å². The molecule has 1 spiro atoms. The van der Waals surface area contributed by atoms with Crippen molar-refractivity contribution < 1.29 is 18.1 Å². The molecule has 7 atom stereocenters. The van der Waals surface area contributed by atoms with Crippen molar-refractivity contribution in [3.8, 4) is 0 Å². The zero-order valence-corrected chi connectivity index (χ0v) is 35.9. The van der Waals surface area contributed by atoms with Gasteiger partial charge in [-0.25, -0.2) is 0 Å². The summed E-state index contributed by atoms with van der Waals surface area (Å²) >= 11 is 0. The summed E-state index contributed by atoms with van der Waals surface area (Å²) in [4.78, 5) is 14.0. The number of hydrogen-bond acceptors (Lipinski definition) is 4. The summed E-state index contributed by atoms with van der Waals surface area (Å²) in [6.07, 6.45) is 8.99. The first-order valence-electron chi connectivity index (χ1n) is 18.5. The van der Waals surface area contributed by atoms with Crippen LogP contribution in [0.4, 0.5) is 0 Å². The molecule has 262 valence electrons. The van der Waals surface area contributed by atoms with E-state index in [1.807, 2.05) is 0 Å². The first kappa shape index (κ1) is 38.0. The van der Waals surface area contributed by atoms with E-state index in [4.69, 9.17) is 13.3 Å². The van der Waals surface area contributed by atoms with Crippen LogP contribution in [0.25, 0.3) is 0 Å². The second-order valence-corrected chi connectivity index (χ2v) is 35.7. The lowest BCUT2D eigenvalue weighted by Crippen LogP contribution is -2.64. The average molecular weight is 679 g/mol. The summed E-state index contributed by atoms with van der Waals surface area (Å²) in [6, 6.07) is 0. The fraction of sp³-hybridized carbons (Fsp3) is 0.974. The number of rotatable bonds is 8. The molecular weight excluding hydrogens is 605 g/mol. The molecule has 4 fully saturated rings. The third-order valence-corrected chi connectivity index (χ3v) is 29.5. The van der Waals surface area contributed by atoms with Crippen LogP contribution in [0, 0.1) is 34.0 Å². The molecule has 0 unspecified atom stereocenters. The van der Waals surface area contributed by atoms with Gasteiger partial charge in [-0.3, -0.25) is 4.79 Å². The zero-order valence-electron chi connectivity index (χ0n) is 32.9. The number of carbonyl (C=O) groups excluding carboxylic acids is 1. The molecule has 0 heterocycles. The fourth-order valence-electron chi connectivity index (χ4n) is 9.58. The van der Waals surface area contributed by atoms with Crippen LogP contribution in [-0.2, 0) is 18.1 Å². The molecule has 0 aromatic heterocycles. The van der Waals surface area contributed by atoms with Crippen molar-refractivity contribution in [2.24, 2.45) is 34.0 Å². The number of fused-ring (bicyclic) bond motifs is 2. The van der Waals surface area contributed by atoms with E-state index in [1.54, 1.807) is 0 Å². The van der Waals surface area contributed by atoms with Crippen LogP contribution < -0.4 is 0 Å². The lowest BCUT2D eigenvalue weighted by molar-refractivity contribution is -0.188. The monoisotopic (exact) mass is 678 g/mol. The van der Waals surface area contributed by atoms with Crippen molar-refractivity contribution in [2.45, 2.75) is 188 Å². The molecule has 0 saturated heterocycles. The lowest BCUT2D eigenvalue weighted by atomic mass is 9.39. The van der Waals surface area contributed by atoms with Crippen LogP contribution >= 0.6 is 0 Å².